The molecule has 1 amide bonds. The molecule has 0 spiro atoms. The molecule has 158 valence electrons. The molecule has 2 aromatic carbocycles. The van der Waals surface area contributed by atoms with Crippen molar-refractivity contribution in [1.82, 2.24) is 9.80 Å². The van der Waals surface area contributed by atoms with E-state index in [1.54, 1.807) is 12.1 Å². The van der Waals surface area contributed by atoms with Gasteiger partial charge in [0.25, 0.3) is 5.91 Å². The fraction of sp³-hybridized carbons (Fsp3) is 0.381. The number of fused-ring (bicyclic) bond motifs is 2. The second-order valence-electron chi connectivity index (χ2n) is 7.66. The summed E-state index contributed by atoms with van der Waals surface area (Å²) in [6.45, 7) is 1.90. The molecule has 2 aromatic rings. The van der Waals surface area contributed by atoms with Gasteiger partial charge in [0.2, 0.25) is 0 Å². The van der Waals surface area contributed by atoms with E-state index >= 15 is 0 Å². The van der Waals surface area contributed by atoms with Gasteiger partial charge in [0.1, 0.15) is 5.82 Å². The van der Waals surface area contributed by atoms with Crippen LogP contribution in [0.4, 0.5) is 10.1 Å². The van der Waals surface area contributed by atoms with Gasteiger partial charge in [-0.25, -0.2) is 4.39 Å². The first-order chi connectivity index (χ1) is 14.4. The summed E-state index contributed by atoms with van der Waals surface area (Å²) in [5.74, 6) is -0.449. The van der Waals surface area contributed by atoms with E-state index in [0.29, 0.717) is 11.6 Å². The first-order valence-electron chi connectivity index (χ1n) is 9.75. The summed E-state index contributed by atoms with van der Waals surface area (Å²) in [5.41, 5.74) is 0.812. The van der Waals surface area contributed by atoms with E-state index in [9.17, 15) is 19.3 Å². The van der Waals surface area contributed by atoms with Crippen LogP contribution >= 0.6 is 11.6 Å². The first-order valence-corrected chi connectivity index (χ1v) is 10.1. The van der Waals surface area contributed by atoms with E-state index in [2.05, 4.69) is 4.90 Å². The second kappa shape index (κ2) is 8.57. The topological polar surface area (TPSA) is 75.9 Å². The highest BCUT2D eigenvalue weighted by molar-refractivity contribution is 6.30. The number of halogens is 2. The van der Waals surface area contributed by atoms with Crippen LogP contribution in [0.1, 0.15) is 18.4 Å². The Balaban J connectivity index is 1.38. The molecule has 0 aromatic heterocycles. The lowest BCUT2D eigenvalue weighted by atomic mass is 10.1. The molecule has 2 bridgehead atoms. The highest BCUT2D eigenvalue weighted by atomic mass is 35.5. The lowest BCUT2D eigenvalue weighted by Crippen LogP contribution is -2.56. The number of hydrogen-bond acceptors (Lipinski definition) is 5. The molecule has 2 fully saturated rings. The zero-order valence-electron chi connectivity index (χ0n) is 16.2. The van der Waals surface area contributed by atoms with Gasteiger partial charge in [-0.2, -0.15) is 0 Å². The van der Waals surface area contributed by atoms with Crippen molar-refractivity contribution in [2.45, 2.75) is 31.5 Å². The van der Waals surface area contributed by atoms with Gasteiger partial charge in [0, 0.05) is 48.9 Å². The normalized spacial score (nSPS) is 20.9. The lowest BCUT2D eigenvalue weighted by molar-refractivity contribution is -0.385. The molecule has 0 N–H and O–H groups in total. The van der Waals surface area contributed by atoms with E-state index < -0.39 is 4.92 Å². The van der Waals surface area contributed by atoms with Gasteiger partial charge in [-0.1, -0.05) is 23.7 Å². The molecule has 0 saturated carbocycles. The van der Waals surface area contributed by atoms with Crippen molar-refractivity contribution >= 4 is 23.2 Å². The Morgan fingerprint density at radius 3 is 2.47 bits per heavy atom. The number of rotatable bonds is 6. The summed E-state index contributed by atoms with van der Waals surface area (Å²) in [7, 11) is 0. The Bertz CT molecular complexity index is 942. The highest BCUT2D eigenvalue weighted by Gasteiger charge is 2.42. The number of amides is 1. The molecule has 2 unspecified atom stereocenters. The van der Waals surface area contributed by atoms with Crippen LogP contribution in [0.15, 0.2) is 42.5 Å². The van der Waals surface area contributed by atoms with Crippen LogP contribution in [0.5, 0.6) is 5.75 Å². The van der Waals surface area contributed by atoms with Crippen LogP contribution in [0, 0.1) is 15.9 Å². The Hall–Kier alpha value is -2.71. The summed E-state index contributed by atoms with van der Waals surface area (Å²) in [6.07, 6.45) is 1.82. The minimum Gasteiger partial charge on any atom is -0.477 e. The Labute approximate surface area is 178 Å². The summed E-state index contributed by atoms with van der Waals surface area (Å²) in [4.78, 5) is 27.6. The number of carbonyl (C=O) groups is 1. The molecule has 0 aliphatic carbocycles. The van der Waals surface area contributed by atoms with Crippen LogP contribution in [-0.2, 0) is 11.3 Å². The van der Waals surface area contributed by atoms with Crippen molar-refractivity contribution < 1.29 is 18.8 Å². The molecule has 2 aliphatic heterocycles. The maximum atomic E-state index is 13.1. The van der Waals surface area contributed by atoms with Gasteiger partial charge in [-0.3, -0.25) is 19.8 Å². The Morgan fingerprint density at radius 2 is 1.83 bits per heavy atom. The molecule has 2 heterocycles. The number of nitro benzene ring substituents is 1. The van der Waals surface area contributed by atoms with Crippen LogP contribution in [0.25, 0.3) is 0 Å². The number of piperazine rings is 1. The third-order valence-electron chi connectivity index (χ3n) is 5.63. The molecule has 2 saturated heterocycles. The maximum Gasteiger partial charge on any atom is 0.311 e. The number of likely N-dealkylation sites (tertiary alicyclic amines) is 1. The summed E-state index contributed by atoms with van der Waals surface area (Å²) in [5, 5.41) is 11.5. The lowest BCUT2D eigenvalue weighted by Gasteiger charge is -2.41. The Kier molecular flexibility index (Phi) is 5.87. The zero-order chi connectivity index (χ0) is 21.3. The fourth-order valence-electron chi connectivity index (χ4n) is 4.34. The monoisotopic (exact) mass is 433 g/mol. The van der Waals surface area contributed by atoms with Crippen molar-refractivity contribution in [2.75, 3.05) is 19.7 Å². The molecule has 9 heteroatoms. The quantitative estimate of drug-likeness (QED) is 0.513. The van der Waals surface area contributed by atoms with Gasteiger partial charge in [-0.15, -0.1) is 0 Å². The molecular weight excluding hydrogens is 413 g/mol. The van der Waals surface area contributed by atoms with Gasteiger partial charge in [0.15, 0.2) is 12.4 Å². The largest absolute Gasteiger partial charge is 0.477 e. The average molecular weight is 434 g/mol. The fourth-order valence-corrected chi connectivity index (χ4v) is 4.51. The smallest absolute Gasteiger partial charge is 0.311 e. The van der Waals surface area contributed by atoms with Crippen molar-refractivity contribution in [3.63, 3.8) is 0 Å². The van der Waals surface area contributed by atoms with Gasteiger partial charge in [-0.05, 0) is 36.6 Å². The van der Waals surface area contributed by atoms with Gasteiger partial charge in [0.05, 0.1) is 4.92 Å². The first kappa shape index (κ1) is 20.6. The summed E-state index contributed by atoms with van der Waals surface area (Å²) < 4.78 is 18.6. The van der Waals surface area contributed by atoms with Crippen molar-refractivity contribution in [1.29, 1.82) is 0 Å². The van der Waals surface area contributed by atoms with Crippen molar-refractivity contribution in [2.24, 2.45) is 0 Å². The molecule has 0 radical (unpaired) electrons. The van der Waals surface area contributed by atoms with Crippen molar-refractivity contribution in [3.8, 4) is 5.75 Å². The molecule has 7 nitrogen and oxygen atoms in total. The maximum absolute atomic E-state index is 13.1. The predicted octanol–water partition coefficient (Wildman–Crippen LogP) is 3.64. The third kappa shape index (κ3) is 4.39. The average Bonchev–Trinajstić information content (AvgIpc) is 2.98. The standard InChI is InChI=1S/C21H21ClFN3O4/c22-15-3-8-19(26(28)29)20(9-15)30-13-21(27)25-17-6-7-18(25)12-24(11-17)10-14-1-4-16(23)5-2-14/h1-5,8-9,17-18H,6-7,10-13H2. The number of hydrogen-bond donors (Lipinski definition) is 0. The van der Waals surface area contributed by atoms with Crippen LogP contribution < -0.4 is 4.74 Å². The number of carbonyl (C=O) groups excluding carboxylic acids is 1. The van der Waals surface area contributed by atoms with E-state index in [1.807, 2.05) is 4.90 Å². The minimum atomic E-state index is -0.561. The number of nitrogens with zero attached hydrogens (tertiary/aromatic N) is 3. The van der Waals surface area contributed by atoms with Crippen LogP contribution in [0.2, 0.25) is 5.02 Å². The SMILES string of the molecule is O=C(COc1cc(Cl)ccc1[N+](=O)[O-])N1C2CCC1CN(Cc1ccc(F)cc1)C2. The number of nitro groups is 1. The van der Waals surface area contributed by atoms with Crippen LogP contribution in [0.3, 0.4) is 0 Å². The summed E-state index contributed by atoms with van der Waals surface area (Å²) in [6, 6.07) is 10.6. The van der Waals surface area contributed by atoms with E-state index in [4.69, 9.17) is 16.3 Å². The Morgan fingerprint density at radius 1 is 1.17 bits per heavy atom. The van der Waals surface area contributed by atoms with Gasteiger partial charge >= 0.3 is 5.69 Å². The number of benzene rings is 2. The second-order valence-corrected chi connectivity index (χ2v) is 8.10. The van der Waals surface area contributed by atoms with E-state index in [-0.39, 0.29) is 41.9 Å². The molecule has 2 atom stereocenters. The van der Waals surface area contributed by atoms with Gasteiger partial charge < -0.3 is 9.64 Å². The van der Waals surface area contributed by atoms with E-state index in [0.717, 1.165) is 31.5 Å². The zero-order valence-corrected chi connectivity index (χ0v) is 16.9. The summed E-state index contributed by atoms with van der Waals surface area (Å²) >= 11 is 5.91. The van der Waals surface area contributed by atoms with Crippen LogP contribution in [-0.4, -0.2) is 52.4 Å². The number of ether oxygens (including phenoxy) is 1. The predicted molar refractivity (Wildman–Crippen MR) is 109 cm³/mol. The molecule has 30 heavy (non-hydrogen) atoms. The molecule has 2 aliphatic rings. The highest BCUT2D eigenvalue weighted by Crippen LogP contribution is 2.33. The van der Waals surface area contributed by atoms with Crippen molar-refractivity contribution in [3.05, 3.63) is 69.0 Å². The molecular formula is C21H21ClFN3O4. The molecule has 4 rings (SSSR count). The third-order valence-corrected chi connectivity index (χ3v) is 5.87. The minimum absolute atomic E-state index is 0.0110. The van der Waals surface area contributed by atoms with E-state index in [1.165, 1.54) is 30.3 Å².